The number of hydrogen-bond donors (Lipinski definition) is 1. The number of nitrogens with zero attached hydrogens (tertiary/aromatic N) is 5. The first-order valence-electron chi connectivity index (χ1n) is 7.39. The van der Waals surface area contributed by atoms with Crippen molar-refractivity contribution in [3.8, 4) is 0 Å². The largest absolute Gasteiger partial charge is 0.383 e. The molecule has 0 spiro atoms. The second-order valence-corrected chi connectivity index (χ2v) is 5.86. The van der Waals surface area contributed by atoms with Crippen molar-refractivity contribution >= 4 is 23.1 Å². The van der Waals surface area contributed by atoms with Crippen LogP contribution in [0.5, 0.6) is 0 Å². The minimum absolute atomic E-state index is 0.448. The van der Waals surface area contributed by atoms with Crippen molar-refractivity contribution in [2.75, 3.05) is 30.4 Å². The molecule has 1 N–H and O–H groups in total. The molecule has 0 aliphatic carbocycles. The Morgan fingerprint density at radius 2 is 2.32 bits per heavy atom. The minimum Gasteiger partial charge on any atom is -0.383 e. The maximum Gasteiger partial charge on any atom is 0.223 e. The van der Waals surface area contributed by atoms with Crippen molar-refractivity contribution in [2.45, 2.75) is 26.2 Å². The van der Waals surface area contributed by atoms with E-state index >= 15 is 0 Å². The SMILES string of the molecule is CNc1c(Cl)ncnc1N1CCCC(Cc2noc(C)n2)C1. The quantitative estimate of drug-likeness (QED) is 0.865. The van der Waals surface area contributed by atoms with E-state index in [4.69, 9.17) is 16.1 Å². The molecule has 0 bridgehead atoms. The van der Waals surface area contributed by atoms with Crippen LogP contribution in [0, 0.1) is 12.8 Å². The zero-order valence-electron chi connectivity index (χ0n) is 12.7. The number of nitrogens with one attached hydrogen (secondary N) is 1. The maximum atomic E-state index is 6.14. The molecule has 8 heteroatoms. The van der Waals surface area contributed by atoms with Crippen LogP contribution in [0.2, 0.25) is 5.15 Å². The highest BCUT2D eigenvalue weighted by Crippen LogP contribution is 2.32. The lowest BCUT2D eigenvalue weighted by Gasteiger charge is -2.34. The Balaban J connectivity index is 1.74. The Morgan fingerprint density at radius 3 is 3.05 bits per heavy atom. The van der Waals surface area contributed by atoms with E-state index in [9.17, 15) is 0 Å². The zero-order valence-corrected chi connectivity index (χ0v) is 13.5. The van der Waals surface area contributed by atoms with E-state index in [1.165, 1.54) is 6.33 Å². The van der Waals surface area contributed by atoms with E-state index in [0.717, 1.165) is 49.7 Å². The third kappa shape index (κ3) is 3.14. The van der Waals surface area contributed by atoms with Crippen LogP contribution in [-0.2, 0) is 6.42 Å². The Kier molecular flexibility index (Phi) is 4.42. The summed E-state index contributed by atoms with van der Waals surface area (Å²) in [4.78, 5) is 15.0. The summed E-state index contributed by atoms with van der Waals surface area (Å²) in [6.07, 6.45) is 4.58. The van der Waals surface area contributed by atoms with Crippen LogP contribution in [0.4, 0.5) is 11.5 Å². The van der Waals surface area contributed by atoms with Gasteiger partial charge in [-0.3, -0.25) is 0 Å². The van der Waals surface area contributed by atoms with Gasteiger partial charge in [-0.05, 0) is 18.8 Å². The van der Waals surface area contributed by atoms with Gasteiger partial charge in [-0.25, -0.2) is 9.97 Å². The molecule has 7 nitrogen and oxygen atoms in total. The summed E-state index contributed by atoms with van der Waals surface area (Å²) < 4.78 is 5.05. The van der Waals surface area contributed by atoms with Gasteiger partial charge in [0.2, 0.25) is 5.89 Å². The van der Waals surface area contributed by atoms with Gasteiger partial charge in [-0.15, -0.1) is 0 Å². The normalized spacial score (nSPS) is 18.5. The van der Waals surface area contributed by atoms with Crippen LogP contribution in [0.3, 0.4) is 0 Å². The molecule has 2 aromatic heterocycles. The fourth-order valence-electron chi connectivity index (χ4n) is 2.92. The first-order chi connectivity index (χ1) is 10.7. The average molecular weight is 323 g/mol. The molecule has 118 valence electrons. The molecule has 3 heterocycles. The van der Waals surface area contributed by atoms with Crippen LogP contribution in [0.15, 0.2) is 10.9 Å². The van der Waals surface area contributed by atoms with E-state index in [2.05, 4.69) is 30.3 Å². The molecule has 0 saturated carbocycles. The first kappa shape index (κ1) is 15.0. The highest BCUT2D eigenvalue weighted by atomic mass is 35.5. The number of halogens is 1. The Bertz CT molecular complexity index is 646. The molecule has 0 aromatic carbocycles. The predicted octanol–water partition coefficient (Wildman–Crippen LogP) is 2.32. The van der Waals surface area contributed by atoms with Gasteiger partial charge in [0, 0.05) is 33.5 Å². The second-order valence-electron chi connectivity index (χ2n) is 5.50. The van der Waals surface area contributed by atoms with Crippen molar-refractivity contribution in [3.63, 3.8) is 0 Å². The second kappa shape index (κ2) is 6.48. The van der Waals surface area contributed by atoms with Crippen LogP contribution in [0.25, 0.3) is 0 Å². The van der Waals surface area contributed by atoms with Gasteiger partial charge in [0.1, 0.15) is 12.0 Å². The fourth-order valence-corrected chi connectivity index (χ4v) is 3.14. The molecule has 1 saturated heterocycles. The summed E-state index contributed by atoms with van der Waals surface area (Å²) in [5, 5.41) is 7.53. The number of rotatable bonds is 4. The van der Waals surface area contributed by atoms with Crippen molar-refractivity contribution < 1.29 is 4.52 Å². The summed E-state index contributed by atoms with van der Waals surface area (Å²) >= 11 is 6.14. The zero-order chi connectivity index (χ0) is 15.5. The lowest BCUT2D eigenvalue weighted by Crippen LogP contribution is -2.37. The number of anilines is 2. The Morgan fingerprint density at radius 1 is 1.45 bits per heavy atom. The molecule has 22 heavy (non-hydrogen) atoms. The monoisotopic (exact) mass is 322 g/mol. The molecule has 1 unspecified atom stereocenters. The molecule has 1 fully saturated rings. The standard InChI is InChI=1S/C14H19ClN6O/c1-9-19-11(20-22-9)6-10-4-3-5-21(7-10)14-12(16-2)13(15)17-8-18-14/h8,10,16H,3-7H2,1-2H3. The predicted molar refractivity (Wildman–Crippen MR) is 84.3 cm³/mol. The Hall–Kier alpha value is -1.89. The third-order valence-electron chi connectivity index (χ3n) is 3.89. The van der Waals surface area contributed by atoms with Crippen molar-refractivity contribution in [3.05, 3.63) is 23.2 Å². The summed E-state index contributed by atoms with van der Waals surface area (Å²) in [6, 6.07) is 0. The van der Waals surface area contributed by atoms with E-state index in [0.29, 0.717) is 17.0 Å². The summed E-state index contributed by atoms with van der Waals surface area (Å²) in [6.45, 7) is 3.67. The van der Waals surface area contributed by atoms with Gasteiger partial charge in [0.05, 0.1) is 0 Å². The number of aryl methyl sites for hydroxylation is 1. The van der Waals surface area contributed by atoms with Crippen molar-refractivity contribution in [1.29, 1.82) is 0 Å². The van der Waals surface area contributed by atoms with Gasteiger partial charge >= 0.3 is 0 Å². The van der Waals surface area contributed by atoms with Crippen molar-refractivity contribution in [1.82, 2.24) is 20.1 Å². The highest BCUT2D eigenvalue weighted by molar-refractivity contribution is 6.32. The topological polar surface area (TPSA) is 80.0 Å². The molecule has 3 rings (SSSR count). The molecular formula is C14H19ClN6O. The number of hydrogen-bond acceptors (Lipinski definition) is 7. The summed E-state index contributed by atoms with van der Waals surface area (Å²) in [5.41, 5.74) is 0.778. The average Bonchev–Trinajstić information content (AvgIpc) is 2.92. The van der Waals surface area contributed by atoms with E-state index < -0.39 is 0 Å². The maximum absolute atomic E-state index is 6.14. The van der Waals surface area contributed by atoms with Gasteiger partial charge < -0.3 is 14.7 Å². The van der Waals surface area contributed by atoms with Gasteiger partial charge in [-0.1, -0.05) is 16.8 Å². The lowest BCUT2D eigenvalue weighted by atomic mass is 9.94. The molecule has 2 aromatic rings. The van der Waals surface area contributed by atoms with Crippen LogP contribution in [-0.4, -0.2) is 40.2 Å². The van der Waals surface area contributed by atoms with Crippen LogP contribution >= 0.6 is 11.6 Å². The van der Waals surface area contributed by atoms with Crippen molar-refractivity contribution in [2.24, 2.45) is 5.92 Å². The third-order valence-corrected chi connectivity index (χ3v) is 4.18. The number of aromatic nitrogens is 4. The van der Waals surface area contributed by atoms with E-state index in [1.807, 2.05) is 14.0 Å². The fraction of sp³-hybridized carbons (Fsp3) is 0.571. The summed E-state index contributed by atoms with van der Waals surface area (Å²) in [7, 11) is 1.83. The van der Waals surface area contributed by atoms with Gasteiger partial charge in [-0.2, -0.15) is 4.98 Å². The van der Waals surface area contributed by atoms with E-state index in [1.54, 1.807) is 0 Å². The smallest absolute Gasteiger partial charge is 0.223 e. The molecule has 0 amide bonds. The van der Waals surface area contributed by atoms with Crippen LogP contribution in [0.1, 0.15) is 24.6 Å². The summed E-state index contributed by atoms with van der Waals surface area (Å²) in [5.74, 6) is 2.72. The van der Waals surface area contributed by atoms with Gasteiger partial charge in [0.25, 0.3) is 0 Å². The minimum atomic E-state index is 0.448. The highest BCUT2D eigenvalue weighted by Gasteiger charge is 2.25. The van der Waals surface area contributed by atoms with Gasteiger partial charge in [0.15, 0.2) is 16.8 Å². The van der Waals surface area contributed by atoms with Crippen LogP contribution < -0.4 is 10.2 Å². The number of piperidine rings is 1. The molecule has 1 atom stereocenters. The Labute approximate surface area is 134 Å². The first-order valence-corrected chi connectivity index (χ1v) is 7.77. The molecule has 1 aliphatic heterocycles. The molecule has 0 radical (unpaired) electrons. The molecule has 1 aliphatic rings. The molecular weight excluding hydrogens is 304 g/mol. The van der Waals surface area contributed by atoms with E-state index in [-0.39, 0.29) is 0 Å². The lowest BCUT2D eigenvalue weighted by molar-refractivity contribution is 0.369.